The Balaban J connectivity index is 1.51. The summed E-state index contributed by atoms with van der Waals surface area (Å²) >= 11 is 2.87. The van der Waals surface area contributed by atoms with Gasteiger partial charge in [-0.1, -0.05) is 35.6 Å². The number of nitrogens with zero attached hydrogens (tertiary/aromatic N) is 5. The number of benzene rings is 2. The minimum Gasteiger partial charge on any atom is -0.496 e. The van der Waals surface area contributed by atoms with Crippen molar-refractivity contribution in [1.29, 1.82) is 0 Å². The zero-order valence-corrected chi connectivity index (χ0v) is 20.5. The van der Waals surface area contributed by atoms with Gasteiger partial charge in [0.1, 0.15) is 11.4 Å². The molecule has 172 valence electrons. The van der Waals surface area contributed by atoms with Crippen LogP contribution in [0.2, 0.25) is 0 Å². The fraction of sp³-hybridized carbons (Fsp3) is 0.0769. The van der Waals surface area contributed by atoms with Gasteiger partial charge >= 0.3 is 0 Å². The summed E-state index contributed by atoms with van der Waals surface area (Å²) in [6.45, 7) is 2.00. The number of hydrogen-bond acceptors (Lipinski definition) is 7. The highest BCUT2D eigenvalue weighted by molar-refractivity contribution is 7.15. The summed E-state index contributed by atoms with van der Waals surface area (Å²) in [4.78, 5) is 19.3. The van der Waals surface area contributed by atoms with Gasteiger partial charge in [-0.2, -0.15) is 14.6 Å². The standard InChI is InChI=1S/C26H19N5O2S2/c1-16-13-17(10-11-20(16)33-2)23-18(15-30(28-23)19-7-4-3-5-8-19)14-22-25(32)31-26(35-22)27-24(29-31)21-9-6-12-34-21/h3-15H,1-2H3. The predicted octanol–water partition coefficient (Wildman–Crippen LogP) is 4.60. The summed E-state index contributed by atoms with van der Waals surface area (Å²) in [6.07, 6.45) is 3.81. The molecule has 7 nitrogen and oxygen atoms in total. The molecule has 6 rings (SSSR count). The molecule has 4 heterocycles. The first-order valence-corrected chi connectivity index (χ1v) is 12.6. The maximum absolute atomic E-state index is 13.2. The van der Waals surface area contributed by atoms with Crippen molar-refractivity contribution in [2.45, 2.75) is 6.92 Å². The number of aryl methyl sites for hydroxylation is 1. The molecule has 0 aliphatic heterocycles. The highest BCUT2D eigenvalue weighted by Gasteiger charge is 2.16. The van der Waals surface area contributed by atoms with Crippen molar-refractivity contribution >= 4 is 33.7 Å². The Hall–Kier alpha value is -4.08. The van der Waals surface area contributed by atoms with Gasteiger partial charge in [0.15, 0.2) is 5.82 Å². The van der Waals surface area contributed by atoms with E-state index in [9.17, 15) is 4.79 Å². The molecule has 6 aromatic rings. The van der Waals surface area contributed by atoms with E-state index in [4.69, 9.17) is 9.84 Å². The fourth-order valence-electron chi connectivity index (χ4n) is 3.94. The van der Waals surface area contributed by atoms with E-state index in [1.807, 2.05) is 89.9 Å². The Morgan fingerprint density at radius 3 is 2.60 bits per heavy atom. The average molecular weight is 498 g/mol. The number of ether oxygens (including phenoxy) is 1. The van der Waals surface area contributed by atoms with Crippen molar-refractivity contribution < 1.29 is 4.74 Å². The van der Waals surface area contributed by atoms with Gasteiger partial charge in [0.25, 0.3) is 5.56 Å². The van der Waals surface area contributed by atoms with Crippen LogP contribution in [-0.4, -0.2) is 31.5 Å². The normalized spacial score (nSPS) is 12.0. The van der Waals surface area contributed by atoms with E-state index in [0.29, 0.717) is 15.3 Å². The largest absolute Gasteiger partial charge is 0.496 e. The molecule has 9 heteroatoms. The van der Waals surface area contributed by atoms with E-state index in [1.54, 1.807) is 18.4 Å². The zero-order chi connectivity index (χ0) is 23.9. The zero-order valence-electron chi connectivity index (χ0n) is 18.9. The maximum Gasteiger partial charge on any atom is 0.291 e. The van der Waals surface area contributed by atoms with E-state index in [-0.39, 0.29) is 5.56 Å². The first kappa shape index (κ1) is 21.5. The Morgan fingerprint density at radius 1 is 1.03 bits per heavy atom. The first-order chi connectivity index (χ1) is 17.1. The summed E-state index contributed by atoms with van der Waals surface area (Å²) in [5, 5.41) is 11.3. The lowest BCUT2D eigenvalue weighted by atomic mass is 10.0. The molecular weight excluding hydrogens is 478 g/mol. The third kappa shape index (κ3) is 3.84. The number of thiazole rings is 1. The average Bonchev–Trinajstić information content (AvgIpc) is 3.66. The molecular formula is C26H19N5O2S2. The van der Waals surface area contributed by atoms with E-state index in [1.165, 1.54) is 15.9 Å². The predicted molar refractivity (Wildman–Crippen MR) is 140 cm³/mol. The summed E-state index contributed by atoms with van der Waals surface area (Å²) in [5.74, 6) is 1.39. The number of methoxy groups -OCH3 is 1. The highest BCUT2D eigenvalue weighted by Crippen LogP contribution is 2.29. The Kier molecular flexibility index (Phi) is 5.28. The summed E-state index contributed by atoms with van der Waals surface area (Å²) in [7, 11) is 1.66. The Morgan fingerprint density at radius 2 is 1.89 bits per heavy atom. The van der Waals surface area contributed by atoms with Gasteiger partial charge in [-0.3, -0.25) is 4.79 Å². The minimum absolute atomic E-state index is 0.190. The van der Waals surface area contributed by atoms with Gasteiger partial charge in [0.05, 0.1) is 22.2 Å². The monoisotopic (exact) mass is 497 g/mol. The Labute approximate surface area is 208 Å². The first-order valence-electron chi connectivity index (χ1n) is 10.9. The van der Waals surface area contributed by atoms with E-state index in [2.05, 4.69) is 10.1 Å². The maximum atomic E-state index is 13.2. The minimum atomic E-state index is -0.190. The molecule has 2 aromatic carbocycles. The van der Waals surface area contributed by atoms with Gasteiger partial charge in [-0.15, -0.1) is 16.4 Å². The van der Waals surface area contributed by atoms with Crippen LogP contribution in [0.5, 0.6) is 5.75 Å². The third-order valence-electron chi connectivity index (χ3n) is 5.64. The van der Waals surface area contributed by atoms with Crippen LogP contribution in [0.4, 0.5) is 0 Å². The molecule has 0 atom stereocenters. The number of hydrogen-bond donors (Lipinski definition) is 0. The third-order valence-corrected chi connectivity index (χ3v) is 7.47. The summed E-state index contributed by atoms with van der Waals surface area (Å²) in [5.41, 5.74) is 4.30. The SMILES string of the molecule is COc1ccc(-c2nn(-c3ccccc3)cc2C=c2sc3nc(-c4cccs4)nn3c2=O)cc1C. The molecule has 0 amide bonds. The topological polar surface area (TPSA) is 74.3 Å². The van der Waals surface area contributed by atoms with Crippen LogP contribution >= 0.6 is 22.7 Å². The van der Waals surface area contributed by atoms with Crippen LogP contribution in [0.15, 0.2) is 77.0 Å². The molecule has 0 fully saturated rings. The fourth-order valence-corrected chi connectivity index (χ4v) is 5.49. The smallest absolute Gasteiger partial charge is 0.291 e. The van der Waals surface area contributed by atoms with E-state index in [0.717, 1.165) is 38.7 Å². The van der Waals surface area contributed by atoms with Crippen LogP contribution in [0.25, 0.3) is 38.7 Å². The lowest BCUT2D eigenvalue weighted by Crippen LogP contribution is -2.23. The molecule has 35 heavy (non-hydrogen) atoms. The number of para-hydroxylation sites is 1. The van der Waals surface area contributed by atoms with Crippen LogP contribution in [-0.2, 0) is 0 Å². The van der Waals surface area contributed by atoms with Crippen molar-refractivity contribution in [3.63, 3.8) is 0 Å². The molecule has 0 aliphatic carbocycles. The van der Waals surface area contributed by atoms with Crippen LogP contribution in [0, 0.1) is 6.92 Å². The van der Waals surface area contributed by atoms with Crippen LogP contribution in [0.1, 0.15) is 11.1 Å². The van der Waals surface area contributed by atoms with Gasteiger partial charge in [0, 0.05) is 17.3 Å². The summed E-state index contributed by atoms with van der Waals surface area (Å²) in [6, 6.07) is 19.7. The van der Waals surface area contributed by atoms with Gasteiger partial charge in [0.2, 0.25) is 4.96 Å². The number of thiophene rings is 1. The van der Waals surface area contributed by atoms with E-state index < -0.39 is 0 Å². The second-order valence-corrected chi connectivity index (χ2v) is 9.88. The highest BCUT2D eigenvalue weighted by atomic mass is 32.1. The van der Waals surface area contributed by atoms with Crippen molar-refractivity contribution in [3.8, 4) is 33.4 Å². The molecule has 0 saturated heterocycles. The van der Waals surface area contributed by atoms with E-state index >= 15 is 0 Å². The molecule has 0 unspecified atom stereocenters. The molecule has 4 aromatic heterocycles. The van der Waals surface area contributed by atoms with Crippen LogP contribution in [0.3, 0.4) is 0 Å². The molecule has 0 aliphatic rings. The molecule has 0 spiro atoms. The van der Waals surface area contributed by atoms with Gasteiger partial charge in [-0.05, 0) is 60.3 Å². The second-order valence-electron chi connectivity index (χ2n) is 7.92. The Bertz CT molecular complexity index is 1770. The lowest BCUT2D eigenvalue weighted by Gasteiger charge is -2.06. The van der Waals surface area contributed by atoms with Crippen LogP contribution < -0.4 is 14.8 Å². The van der Waals surface area contributed by atoms with Gasteiger partial charge in [-0.25, -0.2) is 4.68 Å². The molecule has 0 radical (unpaired) electrons. The summed E-state index contributed by atoms with van der Waals surface area (Å²) < 4.78 is 9.19. The van der Waals surface area contributed by atoms with Gasteiger partial charge < -0.3 is 4.74 Å². The molecule has 0 N–H and O–H groups in total. The van der Waals surface area contributed by atoms with Crippen molar-refractivity contribution in [2.24, 2.45) is 0 Å². The van der Waals surface area contributed by atoms with Crippen molar-refractivity contribution in [3.05, 3.63) is 98.3 Å². The number of rotatable bonds is 5. The van der Waals surface area contributed by atoms with Crippen molar-refractivity contribution in [2.75, 3.05) is 7.11 Å². The lowest BCUT2D eigenvalue weighted by molar-refractivity contribution is 0.412. The number of aromatic nitrogens is 5. The molecule has 0 saturated carbocycles. The van der Waals surface area contributed by atoms with Crippen molar-refractivity contribution in [1.82, 2.24) is 24.4 Å². The number of fused-ring (bicyclic) bond motifs is 1. The quantitative estimate of drug-likeness (QED) is 0.348. The molecule has 0 bridgehead atoms. The second kappa shape index (κ2) is 8.61.